The van der Waals surface area contributed by atoms with E-state index in [0.717, 1.165) is 22.2 Å². The van der Waals surface area contributed by atoms with Gasteiger partial charge in [-0.1, -0.05) is 59.7 Å². The van der Waals surface area contributed by atoms with Crippen molar-refractivity contribution in [3.63, 3.8) is 0 Å². The number of hydrogen-bond acceptors (Lipinski definition) is 3. The summed E-state index contributed by atoms with van der Waals surface area (Å²) in [5, 5.41) is 10.9. The number of hydrogen-bond donors (Lipinski definition) is 1. The SMILES string of the molecule is CC(C)(C)c1cc(-c2nc3ccccc3o2)c(O)c(C(C)(C)C)c1. The number of phenolic OH excluding ortho intramolecular Hbond substituents is 1. The summed E-state index contributed by atoms with van der Waals surface area (Å²) in [7, 11) is 0. The van der Waals surface area contributed by atoms with Crippen molar-refractivity contribution in [1.82, 2.24) is 4.98 Å². The standard InChI is InChI=1S/C21H25NO2/c1-20(2,3)13-11-14(18(23)15(12-13)21(4,5)6)19-22-16-9-7-8-10-17(16)24-19/h7-12,23H,1-6H3. The molecule has 3 heteroatoms. The molecule has 0 spiro atoms. The molecule has 1 N–H and O–H groups in total. The summed E-state index contributed by atoms with van der Waals surface area (Å²) in [5.41, 5.74) is 4.04. The zero-order chi connectivity index (χ0) is 17.7. The third-order valence-electron chi connectivity index (χ3n) is 4.31. The monoisotopic (exact) mass is 323 g/mol. The first-order chi connectivity index (χ1) is 11.1. The molecule has 0 atom stereocenters. The second-order valence-corrected chi connectivity index (χ2v) is 8.41. The van der Waals surface area contributed by atoms with Crippen LogP contribution in [0.4, 0.5) is 0 Å². The number of oxazole rings is 1. The van der Waals surface area contributed by atoms with Crippen molar-refractivity contribution < 1.29 is 9.52 Å². The van der Waals surface area contributed by atoms with Crippen LogP contribution in [0.25, 0.3) is 22.6 Å². The van der Waals surface area contributed by atoms with E-state index >= 15 is 0 Å². The molecule has 3 rings (SSSR count). The molecule has 1 aromatic heterocycles. The van der Waals surface area contributed by atoms with Crippen LogP contribution >= 0.6 is 0 Å². The van der Waals surface area contributed by atoms with Crippen LogP contribution in [0.3, 0.4) is 0 Å². The number of para-hydroxylation sites is 2. The normalized spacial score (nSPS) is 12.8. The van der Waals surface area contributed by atoms with Gasteiger partial charge in [0.1, 0.15) is 11.3 Å². The van der Waals surface area contributed by atoms with E-state index in [4.69, 9.17) is 4.42 Å². The summed E-state index contributed by atoms with van der Waals surface area (Å²) in [6.07, 6.45) is 0. The Kier molecular flexibility index (Phi) is 3.71. The molecule has 0 aliphatic rings. The molecule has 0 amide bonds. The number of aromatic nitrogens is 1. The maximum atomic E-state index is 10.9. The highest BCUT2D eigenvalue weighted by Crippen LogP contribution is 2.42. The minimum absolute atomic E-state index is 0.0333. The van der Waals surface area contributed by atoms with Crippen LogP contribution in [0.1, 0.15) is 52.7 Å². The molecule has 3 nitrogen and oxygen atoms in total. The highest BCUT2D eigenvalue weighted by molar-refractivity contribution is 5.78. The van der Waals surface area contributed by atoms with Crippen molar-refractivity contribution in [2.75, 3.05) is 0 Å². The number of rotatable bonds is 1. The number of fused-ring (bicyclic) bond motifs is 1. The Bertz CT molecular complexity index is 859. The minimum atomic E-state index is -0.174. The Labute approximate surface area is 143 Å². The molecule has 0 bridgehead atoms. The molecule has 0 saturated heterocycles. The van der Waals surface area contributed by atoms with Gasteiger partial charge in [-0.15, -0.1) is 0 Å². The van der Waals surface area contributed by atoms with Gasteiger partial charge in [0.25, 0.3) is 0 Å². The average Bonchev–Trinajstić information content (AvgIpc) is 2.88. The second kappa shape index (κ2) is 5.37. The fourth-order valence-corrected chi connectivity index (χ4v) is 2.79. The van der Waals surface area contributed by atoms with E-state index in [1.54, 1.807) is 0 Å². The highest BCUT2D eigenvalue weighted by atomic mass is 16.3. The fourth-order valence-electron chi connectivity index (χ4n) is 2.79. The summed E-state index contributed by atoms with van der Waals surface area (Å²) in [6.45, 7) is 12.8. The van der Waals surface area contributed by atoms with Crippen LogP contribution < -0.4 is 0 Å². The van der Waals surface area contributed by atoms with E-state index in [0.29, 0.717) is 11.5 Å². The first-order valence-electron chi connectivity index (χ1n) is 8.31. The van der Waals surface area contributed by atoms with Crippen LogP contribution in [0.5, 0.6) is 5.75 Å². The Morgan fingerprint density at radius 3 is 2.17 bits per heavy atom. The van der Waals surface area contributed by atoms with Crippen LogP contribution in [-0.2, 0) is 10.8 Å². The van der Waals surface area contributed by atoms with Crippen LogP contribution in [0, 0.1) is 0 Å². The van der Waals surface area contributed by atoms with E-state index < -0.39 is 0 Å². The largest absolute Gasteiger partial charge is 0.507 e. The predicted octanol–water partition coefficient (Wildman–Crippen LogP) is 5.80. The van der Waals surface area contributed by atoms with Gasteiger partial charge < -0.3 is 9.52 Å². The molecule has 0 aliphatic carbocycles. The lowest BCUT2D eigenvalue weighted by molar-refractivity contribution is 0.444. The van der Waals surface area contributed by atoms with Crippen molar-refractivity contribution in [3.8, 4) is 17.2 Å². The lowest BCUT2D eigenvalue weighted by Crippen LogP contribution is -2.17. The van der Waals surface area contributed by atoms with Crippen LogP contribution in [0.15, 0.2) is 40.8 Å². The average molecular weight is 323 g/mol. The molecule has 0 radical (unpaired) electrons. The predicted molar refractivity (Wildman–Crippen MR) is 98.5 cm³/mol. The second-order valence-electron chi connectivity index (χ2n) is 8.41. The summed E-state index contributed by atoms with van der Waals surface area (Å²) in [4.78, 5) is 4.56. The van der Waals surface area contributed by atoms with Crippen molar-refractivity contribution in [1.29, 1.82) is 0 Å². The van der Waals surface area contributed by atoms with Gasteiger partial charge in [0.05, 0.1) is 5.56 Å². The van der Waals surface area contributed by atoms with Crippen LogP contribution in [0.2, 0.25) is 0 Å². The highest BCUT2D eigenvalue weighted by Gasteiger charge is 2.27. The Hall–Kier alpha value is -2.29. The van der Waals surface area contributed by atoms with Gasteiger partial charge in [-0.05, 0) is 34.6 Å². The van der Waals surface area contributed by atoms with E-state index in [-0.39, 0.29) is 16.6 Å². The number of benzene rings is 2. The Morgan fingerprint density at radius 2 is 1.58 bits per heavy atom. The quantitative estimate of drug-likeness (QED) is 0.616. The van der Waals surface area contributed by atoms with Crippen molar-refractivity contribution in [3.05, 3.63) is 47.5 Å². The van der Waals surface area contributed by atoms with Crippen LogP contribution in [-0.4, -0.2) is 10.1 Å². The van der Waals surface area contributed by atoms with Crippen molar-refractivity contribution in [2.24, 2.45) is 0 Å². The van der Waals surface area contributed by atoms with Gasteiger partial charge >= 0.3 is 0 Å². The lowest BCUT2D eigenvalue weighted by atomic mass is 9.79. The maximum Gasteiger partial charge on any atom is 0.231 e. The Balaban J connectivity index is 2.30. The van der Waals surface area contributed by atoms with Gasteiger partial charge in [0.2, 0.25) is 5.89 Å². The van der Waals surface area contributed by atoms with Gasteiger partial charge in [-0.2, -0.15) is 0 Å². The molecular weight excluding hydrogens is 298 g/mol. The Morgan fingerprint density at radius 1 is 0.917 bits per heavy atom. The fraction of sp³-hybridized carbons (Fsp3) is 0.381. The molecule has 24 heavy (non-hydrogen) atoms. The van der Waals surface area contributed by atoms with Gasteiger partial charge in [0.15, 0.2) is 5.58 Å². The van der Waals surface area contributed by atoms with E-state index in [1.807, 2.05) is 30.3 Å². The molecule has 0 saturated carbocycles. The number of nitrogens with zero attached hydrogens (tertiary/aromatic N) is 1. The van der Waals surface area contributed by atoms with Crippen molar-refractivity contribution in [2.45, 2.75) is 52.4 Å². The van der Waals surface area contributed by atoms with Gasteiger partial charge in [-0.25, -0.2) is 4.98 Å². The molecule has 0 aliphatic heterocycles. The number of aromatic hydroxyl groups is 1. The topological polar surface area (TPSA) is 46.3 Å². The maximum absolute atomic E-state index is 10.9. The molecule has 126 valence electrons. The molecule has 0 fully saturated rings. The minimum Gasteiger partial charge on any atom is -0.507 e. The summed E-state index contributed by atoms with van der Waals surface area (Å²) in [5.74, 6) is 0.715. The molecule has 0 unspecified atom stereocenters. The zero-order valence-electron chi connectivity index (χ0n) is 15.3. The molecule has 2 aromatic carbocycles. The third kappa shape index (κ3) is 2.91. The zero-order valence-corrected chi connectivity index (χ0v) is 15.3. The molecule has 3 aromatic rings. The lowest BCUT2D eigenvalue weighted by Gasteiger charge is -2.27. The van der Waals surface area contributed by atoms with Gasteiger partial charge in [-0.3, -0.25) is 0 Å². The van der Waals surface area contributed by atoms with E-state index in [1.165, 1.54) is 0 Å². The molecule has 1 heterocycles. The van der Waals surface area contributed by atoms with E-state index in [2.05, 4.69) is 52.6 Å². The van der Waals surface area contributed by atoms with E-state index in [9.17, 15) is 5.11 Å². The number of phenols is 1. The third-order valence-corrected chi connectivity index (χ3v) is 4.31. The first-order valence-corrected chi connectivity index (χ1v) is 8.31. The summed E-state index contributed by atoms with van der Waals surface area (Å²) < 4.78 is 5.90. The molecular formula is C21H25NO2. The summed E-state index contributed by atoms with van der Waals surface area (Å²) in [6, 6.07) is 11.7. The smallest absolute Gasteiger partial charge is 0.231 e. The van der Waals surface area contributed by atoms with Gasteiger partial charge in [0, 0.05) is 5.56 Å². The van der Waals surface area contributed by atoms with Crippen molar-refractivity contribution >= 4 is 11.1 Å². The summed E-state index contributed by atoms with van der Waals surface area (Å²) >= 11 is 0. The first kappa shape index (κ1) is 16.6.